The van der Waals surface area contributed by atoms with Crippen LogP contribution in [0.1, 0.15) is 15.9 Å². The molecule has 0 aromatic heterocycles. The largest absolute Gasteiger partial charge is 0.504 e. The summed E-state index contributed by atoms with van der Waals surface area (Å²) in [6, 6.07) is 11.3. The van der Waals surface area contributed by atoms with Gasteiger partial charge in [-0.05, 0) is 30.3 Å². The first-order chi connectivity index (χ1) is 9.58. The number of nitrogens with one attached hydrogen (secondary N) is 1. The summed E-state index contributed by atoms with van der Waals surface area (Å²) in [5.41, 5.74) is 3.10. The Morgan fingerprint density at radius 1 is 1.20 bits per heavy atom. The van der Waals surface area contributed by atoms with Crippen LogP contribution in [0.5, 0.6) is 11.5 Å². The van der Waals surface area contributed by atoms with Crippen LogP contribution < -0.4 is 5.43 Å². The summed E-state index contributed by atoms with van der Waals surface area (Å²) in [6.07, 6.45) is 1.25. The van der Waals surface area contributed by atoms with Crippen LogP contribution in [0, 0.1) is 0 Å². The number of carbonyl (C=O) groups is 1. The fourth-order valence-corrected chi connectivity index (χ4v) is 1.91. The van der Waals surface area contributed by atoms with Crippen LogP contribution in [0.4, 0.5) is 0 Å². The van der Waals surface area contributed by atoms with E-state index in [1.807, 2.05) is 6.07 Å². The van der Waals surface area contributed by atoms with Gasteiger partial charge in [0, 0.05) is 15.6 Å². The lowest BCUT2D eigenvalue weighted by Gasteiger charge is -2.02. The SMILES string of the molecule is O=C(N/N=C/c1cccc(O)c1O)c1cccc(Br)c1. The Bertz CT molecular complexity index is 671. The summed E-state index contributed by atoms with van der Waals surface area (Å²) >= 11 is 3.27. The van der Waals surface area contributed by atoms with Crippen molar-refractivity contribution in [2.75, 3.05) is 0 Å². The van der Waals surface area contributed by atoms with Gasteiger partial charge in [0.25, 0.3) is 5.91 Å². The fraction of sp³-hybridized carbons (Fsp3) is 0. The first kappa shape index (κ1) is 14.1. The van der Waals surface area contributed by atoms with Crippen molar-refractivity contribution in [3.8, 4) is 11.5 Å². The quantitative estimate of drug-likeness (QED) is 0.458. The monoisotopic (exact) mass is 334 g/mol. The Kier molecular flexibility index (Phi) is 4.37. The van der Waals surface area contributed by atoms with Crippen LogP contribution in [-0.2, 0) is 0 Å². The molecule has 2 rings (SSSR count). The highest BCUT2D eigenvalue weighted by atomic mass is 79.9. The minimum absolute atomic E-state index is 0.243. The molecule has 0 radical (unpaired) electrons. The van der Waals surface area contributed by atoms with E-state index in [-0.39, 0.29) is 17.4 Å². The van der Waals surface area contributed by atoms with Crippen molar-refractivity contribution in [2.24, 2.45) is 5.10 Å². The number of hydrogen-bond acceptors (Lipinski definition) is 4. The number of halogens is 1. The third-order valence-corrected chi connectivity index (χ3v) is 3.00. The zero-order valence-electron chi connectivity index (χ0n) is 10.2. The van der Waals surface area contributed by atoms with Crippen molar-refractivity contribution in [1.82, 2.24) is 5.43 Å². The predicted octanol–water partition coefficient (Wildman–Crippen LogP) is 2.62. The number of benzene rings is 2. The van der Waals surface area contributed by atoms with Gasteiger partial charge in [-0.25, -0.2) is 5.43 Å². The Labute approximate surface area is 123 Å². The second-order valence-electron chi connectivity index (χ2n) is 3.92. The molecule has 0 aliphatic carbocycles. The lowest BCUT2D eigenvalue weighted by Crippen LogP contribution is -2.17. The van der Waals surface area contributed by atoms with Crippen LogP contribution in [0.25, 0.3) is 0 Å². The van der Waals surface area contributed by atoms with Gasteiger partial charge < -0.3 is 10.2 Å². The Morgan fingerprint density at radius 3 is 2.70 bits per heavy atom. The summed E-state index contributed by atoms with van der Waals surface area (Å²) in [5.74, 6) is -0.901. The van der Waals surface area contributed by atoms with Gasteiger partial charge in [-0.15, -0.1) is 0 Å². The molecule has 0 saturated carbocycles. The number of nitrogens with zero attached hydrogens (tertiary/aromatic N) is 1. The minimum Gasteiger partial charge on any atom is -0.504 e. The molecule has 1 amide bonds. The lowest BCUT2D eigenvalue weighted by molar-refractivity contribution is 0.0955. The van der Waals surface area contributed by atoms with Crippen LogP contribution in [0.3, 0.4) is 0 Å². The normalized spacial score (nSPS) is 10.7. The maximum absolute atomic E-state index is 11.8. The van der Waals surface area contributed by atoms with Gasteiger partial charge in [-0.2, -0.15) is 5.10 Å². The maximum atomic E-state index is 11.8. The lowest BCUT2D eigenvalue weighted by atomic mass is 10.2. The van der Waals surface area contributed by atoms with Crippen molar-refractivity contribution >= 4 is 28.1 Å². The summed E-state index contributed by atoms with van der Waals surface area (Å²) in [5, 5.41) is 22.6. The van der Waals surface area contributed by atoms with Gasteiger partial charge in [-0.1, -0.05) is 28.1 Å². The summed E-state index contributed by atoms with van der Waals surface area (Å²) < 4.78 is 0.791. The third kappa shape index (κ3) is 3.36. The van der Waals surface area contributed by atoms with Crippen LogP contribution in [0.15, 0.2) is 52.0 Å². The molecular weight excluding hydrogens is 324 g/mol. The number of phenolic OH excluding ortho intramolecular Hbond substituents is 2. The number of hydrazone groups is 1. The topological polar surface area (TPSA) is 81.9 Å². The molecule has 0 saturated heterocycles. The zero-order valence-corrected chi connectivity index (χ0v) is 11.8. The molecule has 20 heavy (non-hydrogen) atoms. The maximum Gasteiger partial charge on any atom is 0.271 e. The smallest absolute Gasteiger partial charge is 0.271 e. The molecule has 0 heterocycles. The highest BCUT2D eigenvalue weighted by Crippen LogP contribution is 2.26. The van der Waals surface area contributed by atoms with Crippen molar-refractivity contribution in [2.45, 2.75) is 0 Å². The molecule has 0 unspecified atom stereocenters. The second kappa shape index (κ2) is 6.21. The number of aromatic hydroxyl groups is 2. The molecule has 0 aliphatic rings. The molecule has 5 nitrogen and oxygen atoms in total. The van der Waals surface area contributed by atoms with E-state index in [1.54, 1.807) is 30.3 Å². The molecule has 0 fully saturated rings. The van der Waals surface area contributed by atoms with Crippen LogP contribution in [-0.4, -0.2) is 22.3 Å². The zero-order chi connectivity index (χ0) is 14.5. The van der Waals surface area contributed by atoms with Crippen LogP contribution >= 0.6 is 15.9 Å². The molecule has 2 aromatic carbocycles. The van der Waals surface area contributed by atoms with Gasteiger partial charge >= 0.3 is 0 Å². The first-order valence-corrected chi connectivity index (χ1v) is 6.47. The molecule has 0 bridgehead atoms. The van der Waals surface area contributed by atoms with Crippen molar-refractivity contribution in [3.05, 3.63) is 58.1 Å². The van der Waals surface area contributed by atoms with E-state index >= 15 is 0 Å². The van der Waals surface area contributed by atoms with Crippen molar-refractivity contribution < 1.29 is 15.0 Å². The minimum atomic E-state index is -0.373. The number of phenols is 2. The number of hydrogen-bond donors (Lipinski definition) is 3. The Balaban J connectivity index is 2.07. The van der Waals surface area contributed by atoms with E-state index in [2.05, 4.69) is 26.5 Å². The van der Waals surface area contributed by atoms with Crippen LogP contribution in [0.2, 0.25) is 0 Å². The Hall–Kier alpha value is -2.34. The highest BCUT2D eigenvalue weighted by molar-refractivity contribution is 9.10. The van der Waals surface area contributed by atoms with E-state index in [9.17, 15) is 15.0 Å². The molecule has 6 heteroatoms. The predicted molar refractivity (Wildman–Crippen MR) is 79.0 cm³/mol. The van der Waals surface area contributed by atoms with Gasteiger partial charge in [0.1, 0.15) is 0 Å². The number of amides is 1. The van der Waals surface area contributed by atoms with E-state index < -0.39 is 0 Å². The summed E-state index contributed by atoms with van der Waals surface area (Å²) in [6.45, 7) is 0. The summed E-state index contributed by atoms with van der Waals surface area (Å²) in [7, 11) is 0. The molecule has 0 spiro atoms. The molecule has 3 N–H and O–H groups in total. The standard InChI is InChI=1S/C14H11BrN2O3/c15-11-5-1-3-9(7-11)14(20)17-16-8-10-4-2-6-12(18)13(10)19/h1-8,18-19H,(H,17,20)/b16-8+. The van der Waals surface area contributed by atoms with E-state index in [0.717, 1.165) is 4.47 Å². The van der Waals surface area contributed by atoms with Gasteiger partial charge in [-0.3, -0.25) is 4.79 Å². The molecule has 0 aliphatic heterocycles. The first-order valence-electron chi connectivity index (χ1n) is 5.68. The molecule has 2 aromatic rings. The van der Waals surface area contributed by atoms with Crippen molar-refractivity contribution in [1.29, 1.82) is 0 Å². The van der Waals surface area contributed by atoms with Gasteiger partial charge in [0.2, 0.25) is 0 Å². The average Bonchev–Trinajstić information content (AvgIpc) is 2.43. The van der Waals surface area contributed by atoms with E-state index in [4.69, 9.17) is 0 Å². The number of carbonyl (C=O) groups excluding carboxylic acids is 1. The molecule has 0 atom stereocenters. The van der Waals surface area contributed by atoms with Gasteiger partial charge in [0.15, 0.2) is 11.5 Å². The number of rotatable bonds is 3. The summed E-state index contributed by atoms with van der Waals surface area (Å²) in [4.78, 5) is 11.8. The van der Waals surface area contributed by atoms with Gasteiger partial charge in [0.05, 0.1) is 6.21 Å². The van der Waals surface area contributed by atoms with E-state index in [1.165, 1.54) is 12.3 Å². The van der Waals surface area contributed by atoms with E-state index in [0.29, 0.717) is 11.1 Å². The number of para-hydroxylation sites is 1. The third-order valence-electron chi connectivity index (χ3n) is 2.50. The molecular formula is C14H11BrN2O3. The molecule has 102 valence electrons. The van der Waals surface area contributed by atoms with Crippen molar-refractivity contribution in [3.63, 3.8) is 0 Å². The Morgan fingerprint density at radius 2 is 1.95 bits per heavy atom. The second-order valence-corrected chi connectivity index (χ2v) is 4.84. The average molecular weight is 335 g/mol. The fourth-order valence-electron chi connectivity index (χ4n) is 1.51. The highest BCUT2D eigenvalue weighted by Gasteiger charge is 2.05.